The predicted molar refractivity (Wildman–Crippen MR) is 96.2 cm³/mol. The number of hydrogen-bond acceptors (Lipinski definition) is 4. The molecule has 2 aromatic carbocycles. The number of benzene rings is 2. The van der Waals surface area contributed by atoms with E-state index in [0.29, 0.717) is 17.1 Å². The summed E-state index contributed by atoms with van der Waals surface area (Å²) in [5.74, 6) is -0.702. The summed E-state index contributed by atoms with van der Waals surface area (Å²) < 4.78 is 20.3. The largest absolute Gasteiger partial charge is 0.478 e. The first-order valence-electron chi connectivity index (χ1n) is 8.13. The Balaban J connectivity index is 1.72. The van der Waals surface area contributed by atoms with Crippen LogP contribution in [0.3, 0.4) is 0 Å². The van der Waals surface area contributed by atoms with Gasteiger partial charge in [0.2, 0.25) is 0 Å². The Labute approximate surface area is 153 Å². The monoisotopic (exact) mass is 363 g/mol. The Morgan fingerprint density at radius 3 is 2.48 bits per heavy atom. The average molecular weight is 363 g/mol. The highest BCUT2D eigenvalue weighted by Crippen LogP contribution is 2.33. The molecule has 0 aliphatic carbocycles. The normalized spacial score (nSPS) is 10.9. The van der Waals surface area contributed by atoms with Gasteiger partial charge in [0.15, 0.2) is 0 Å². The van der Waals surface area contributed by atoms with Crippen LogP contribution in [0.2, 0.25) is 0 Å². The van der Waals surface area contributed by atoms with Crippen molar-refractivity contribution in [1.29, 1.82) is 0 Å². The van der Waals surface area contributed by atoms with Crippen LogP contribution >= 0.6 is 0 Å². The number of nitrogens with zero attached hydrogens (tertiary/aromatic N) is 3. The van der Waals surface area contributed by atoms with Crippen molar-refractivity contribution in [3.05, 3.63) is 78.2 Å². The molecule has 0 amide bonds. The number of halogens is 1. The summed E-state index contributed by atoms with van der Waals surface area (Å²) in [6.45, 7) is 1.79. The first-order chi connectivity index (χ1) is 13.0. The van der Waals surface area contributed by atoms with Crippen LogP contribution in [-0.4, -0.2) is 25.8 Å². The van der Waals surface area contributed by atoms with E-state index >= 15 is 0 Å². The Morgan fingerprint density at radius 2 is 1.81 bits per heavy atom. The van der Waals surface area contributed by atoms with E-state index in [1.54, 1.807) is 42.1 Å². The molecule has 0 aliphatic rings. The molecule has 4 aromatic rings. The summed E-state index contributed by atoms with van der Waals surface area (Å²) in [6, 6.07) is 12.5. The molecule has 6 nitrogen and oxygen atoms in total. The zero-order valence-electron chi connectivity index (χ0n) is 14.3. The van der Waals surface area contributed by atoms with Gasteiger partial charge in [0, 0.05) is 17.4 Å². The molecule has 0 atom stereocenters. The van der Waals surface area contributed by atoms with E-state index in [9.17, 15) is 9.18 Å². The summed E-state index contributed by atoms with van der Waals surface area (Å²) in [4.78, 5) is 15.4. The van der Waals surface area contributed by atoms with Gasteiger partial charge >= 0.3 is 5.97 Å². The summed E-state index contributed by atoms with van der Waals surface area (Å²) in [5.41, 5.74) is 3.67. The molecule has 7 heteroatoms. The van der Waals surface area contributed by atoms with Crippen molar-refractivity contribution in [2.45, 2.75) is 6.92 Å². The second-order valence-electron chi connectivity index (χ2n) is 5.99. The third kappa shape index (κ3) is 3.10. The molecule has 0 saturated carbocycles. The summed E-state index contributed by atoms with van der Waals surface area (Å²) in [7, 11) is 0. The van der Waals surface area contributed by atoms with Crippen molar-refractivity contribution in [3.63, 3.8) is 0 Å². The fourth-order valence-electron chi connectivity index (χ4n) is 2.85. The summed E-state index contributed by atoms with van der Waals surface area (Å²) >= 11 is 0. The molecule has 0 saturated heterocycles. The van der Waals surface area contributed by atoms with E-state index in [-0.39, 0.29) is 11.4 Å². The molecule has 0 aliphatic heterocycles. The number of rotatable bonds is 4. The Morgan fingerprint density at radius 1 is 1.11 bits per heavy atom. The smallest absolute Gasteiger partial charge is 0.335 e. The second-order valence-corrected chi connectivity index (χ2v) is 5.99. The van der Waals surface area contributed by atoms with Crippen LogP contribution in [-0.2, 0) is 0 Å². The van der Waals surface area contributed by atoms with Gasteiger partial charge in [-0.2, -0.15) is 0 Å². The van der Waals surface area contributed by atoms with Gasteiger partial charge in [-0.25, -0.2) is 14.2 Å². The molecule has 1 N–H and O–H groups in total. The molecule has 4 rings (SSSR count). The van der Waals surface area contributed by atoms with Crippen molar-refractivity contribution < 1.29 is 18.8 Å². The first kappa shape index (κ1) is 16.7. The van der Waals surface area contributed by atoms with E-state index in [1.807, 2.05) is 6.20 Å². The third-order valence-electron chi connectivity index (χ3n) is 4.23. The molecule has 2 aromatic heterocycles. The third-order valence-corrected chi connectivity index (χ3v) is 4.23. The van der Waals surface area contributed by atoms with Gasteiger partial charge < -0.3 is 14.2 Å². The van der Waals surface area contributed by atoms with Crippen LogP contribution in [0.5, 0.6) is 0 Å². The van der Waals surface area contributed by atoms with Crippen molar-refractivity contribution >= 4 is 5.97 Å². The lowest BCUT2D eigenvalue weighted by Crippen LogP contribution is -1.97. The molecule has 0 unspecified atom stereocenters. The van der Waals surface area contributed by atoms with Crippen molar-refractivity contribution in [1.82, 2.24) is 14.7 Å². The zero-order valence-corrected chi connectivity index (χ0v) is 14.3. The Bertz CT molecular complexity index is 1110. The maximum absolute atomic E-state index is 13.2. The second kappa shape index (κ2) is 6.53. The van der Waals surface area contributed by atoms with Crippen molar-refractivity contribution in [3.8, 4) is 28.2 Å². The molecule has 27 heavy (non-hydrogen) atoms. The Hall–Kier alpha value is -3.74. The molecule has 0 fully saturated rings. The fraction of sp³-hybridized carbons (Fsp3) is 0.0500. The number of aromatic carboxylic acids is 1. The van der Waals surface area contributed by atoms with Crippen molar-refractivity contribution in [2.75, 3.05) is 0 Å². The minimum absolute atomic E-state index is 0.215. The highest BCUT2D eigenvalue weighted by Gasteiger charge is 2.19. The highest BCUT2D eigenvalue weighted by atomic mass is 19.1. The van der Waals surface area contributed by atoms with E-state index in [2.05, 4.69) is 10.1 Å². The number of carboxylic acid groups (broad SMARTS) is 1. The minimum atomic E-state index is -0.975. The molecular formula is C20H14FN3O3. The Kier molecular flexibility index (Phi) is 4.04. The number of carbonyl (C=O) groups is 1. The van der Waals surface area contributed by atoms with E-state index in [4.69, 9.17) is 9.63 Å². The lowest BCUT2D eigenvalue weighted by molar-refractivity contribution is 0.0697. The number of carboxylic acids is 1. The number of aryl methyl sites for hydroxylation is 1. The standard InChI is InChI=1S/C20H14FN3O3/c1-12-18(19(23-27-12)13-2-6-15(21)7-3-13)17-10-24(11-22-17)16-8-4-14(5-9-16)20(25)26/h2-11H,1H3,(H,25,26). The maximum Gasteiger partial charge on any atom is 0.335 e. The fourth-order valence-corrected chi connectivity index (χ4v) is 2.85. The highest BCUT2D eigenvalue weighted by molar-refractivity contribution is 5.87. The molecule has 2 heterocycles. The topological polar surface area (TPSA) is 81.2 Å². The van der Waals surface area contributed by atoms with Gasteiger partial charge in [-0.15, -0.1) is 0 Å². The molecule has 0 radical (unpaired) electrons. The van der Waals surface area contributed by atoms with Crippen LogP contribution in [0, 0.1) is 12.7 Å². The minimum Gasteiger partial charge on any atom is -0.478 e. The lowest BCUT2D eigenvalue weighted by Gasteiger charge is -2.02. The van der Waals surface area contributed by atoms with Gasteiger partial charge in [-0.1, -0.05) is 5.16 Å². The van der Waals surface area contributed by atoms with Crippen LogP contribution < -0.4 is 0 Å². The molecule has 0 spiro atoms. The van der Waals surface area contributed by atoms with Gasteiger partial charge in [0.1, 0.15) is 17.3 Å². The average Bonchev–Trinajstić information content (AvgIpc) is 3.29. The van der Waals surface area contributed by atoms with Crippen LogP contribution in [0.25, 0.3) is 28.2 Å². The molecule has 0 bridgehead atoms. The van der Waals surface area contributed by atoms with Gasteiger partial charge in [-0.05, 0) is 55.5 Å². The number of imidazole rings is 1. The van der Waals surface area contributed by atoms with E-state index in [1.165, 1.54) is 24.3 Å². The van der Waals surface area contributed by atoms with Crippen LogP contribution in [0.15, 0.2) is 65.6 Å². The van der Waals surface area contributed by atoms with Gasteiger partial charge in [0.25, 0.3) is 0 Å². The number of aromatic nitrogens is 3. The van der Waals surface area contributed by atoms with Crippen LogP contribution in [0.4, 0.5) is 4.39 Å². The SMILES string of the molecule is Cc1onc(-c2ccc(F)cc2)c1-c1cn(-c2ccc(C(=O)O)cc2)cn1. The summed E-state index contributed by atoms with van der Waals surface area (Å²) in [6.07, 6.45) is 3.44. The summed E-state index contributed by atoms with van der Waals surface area (Å²) in [5, 5.41) is 13.1. The van der Waals surface area contributed by atoms with E-state index < -0.39 is 5.97 Å². The number of hydrogen-bond donors (Lipinski definition) is 1. The lowest BCUT2D eigenvalue weighted by atomic mass is 10.0. The first-order valence-corrected chi connectivity index (χ1v) is 8.13. The maximum atomic E-state index is 13.2. The van der Waals surface area contributed by atoms with Gasteiger partial charge in [-0.3, -0.25) is 0 Å². The van der Waals surface area contributed by atoms with Crippen molar-refractivity contribution in [2.24, 2.45) is 0 Å². The molecular weight excluding hydrogens is 349 g/mol. The van der Waals surface area contributed by atoms with Gasteiger partial charge in [0.05, 0.1) is 23.1 Å². The molecule has 134 valence electrons. The van der Waals surface area contributed by atoms with E-state index in [0.717, 1.165) is 16.8 Å². The van der Waals surface area contributed by atoms with Crippen LogP contribution in [0.1, 0.15) is 16.1 Å². The predicted octanol–water partition coefficient (Wildman–Crippen LogP) is 4.34. The zero-order chi connectivity index (χ0) is 19.0. The quantitative estimate of drug-likeness (QED) is 0.583.